The van der Waals surface area contributed by atoms with Gasteiger partial charge in [-0.2, -0.15) is 10.5 Å². The van der Waals surface area contributed by atoms with Crippen molar-refractivity contribution in [3.05, 3.63) is 12.2 Å². The smallest absolute Gasteiger partial charge is 0.139 e. The van der Waals surface area contributed by atoms with E-state index in [2.05, 4.69) is 5.16 Å². The molecule has 0 radical (unpaired) electrons. The van der Waals surface area contributed by atoms with Gasteiger partial charge in [-0.05, 0) is 6.08 Å². The zero-order chi connectivity index (χ0) is 8.97. The third kappa shape index (κ3) is 1.43. The van der Waals surface area contributed by atoms with E-state index in [-0.39, 0.29) is 5.92 Å². The lowest BCUT2D eigenvalue weighted by molar-refractivity contribution is 0.318. The Kier molecular flexibility index (Phi) is 2.45. The molecular weight excluding hydrogens is 154 g/mol. The van der Waals surface area contributed by atoms with E-state index in [1.165, 1.54) is 0 Å². The van der Waals surface area contributed by atoms with E-state index < -0.39 is 5.92 Å². The molecule has 0 bridgehead atoms. The predicted octanol–water partition coefficient (Wildman–Crippen LogP) is 1.06. The molecule has 0 aromatic heterocycles. The molecule has 4 nitrogen and oxygen atoms in total. The van der Waals surface area contributed by atoms with Gasteiger partial charge in [-0.25, -0.2) is 0 Å². The van der Waals surface area contributed by atoms with Gasteiger partial charge in [-0.3, -0.25) is 0 Å². The fourth-order valence-corrected chi connectivity index (χ4v) is 1.14. The second-order valence-electron chi connectivity index (χ2n) is 2.55. The van der Waals surface area contributed by atoms with Gasteiger partial charge < -0.3 is 5.21 Å². The second-order valence-corrected chi connectivity index (χ2v) is 2.55. The molecule has 0 aromatic rings. The van der Waals surface area contributed by atoms with Crippen LogP contribution in [0.5, 0.6) is 0 Å². The molecule has 0 saturated heterocycles. The second kappa shape index (κ2) is 3.54. The van der Waals surface area contributed by atoms with Crippen molar-refractivity contribution in [2.75, 3.05) is 0 Å². The topological polar surface area (TPSA) is 80.2 Å². The molecule has 4 heteroatoms. The molecule has 1 unspecified atom stereocenters. The third-order valence-corrected chi connectivity index (χ3v) is 1.82. The Balaban J connectivity index is 2.68. The Hall–Kier alpha value is -1.81. The minimum Gasteiger partial charge on any atom is -0.411 e. The highest BCUT2D eigenvalue weighted by Gasteiger charge is 2.23. The van der Waals surface area contributed by atoms with Gasteiger partial charge in [-0.1, -0.05) is 11.2 Å². The van der Waals surface area contributed by atoms with E-state index in [4.69, 9.17) is 15.7 Å². The Morgan fingerprint density at radius 1 is 1.58 bits per heavy atom. The standard InChI is InChI=1S/C8H7N3O/c9-4-7(5-10)6-1-2-8(3-6)11-12/h1-2,6-7,12H,3H2/b11-8+. The summed E-state index contributed by atoms with van der Waals surface area (Å²) in [6.07, 6.45) is 3.83. The highest BCUT2D eigenvalue weighted by Crippen LogP contribution is 2.22. The van der Waals surface area contributed by atoms with E-state index >= 15 is 0 Å². The van der Waals surface area contributed by atoms with Crippen LogP contribution in [-0.2, 0) is 0 Å². The average molecular weight is 161 g/mol. The summed E-state index contributed by atoms with van der Waals surface area (Å²) >= 11 is 0. The van der Waals surface area contributed by atoms with E-state index in [1.54, 1.807) is 12.2 Å². The molecule has 1 aliphatic rings. The number of hydrogen-bond acceptors (Lipinski definition) is 4. The zero-order valence-corrected chi connectivity index (χ0v) is 6.31. The van der Waals surface area contributed by atoms with Crippen LogP contribution in [-0.4, -0.2) is 10.9 Å². The molecule has 0 saturated carbocycles. The van der Waals surface area contributed by atoms with Crippen LogP contribution in [0.2, 0.25) is 0 Å². The van der Waals surface area contributed by atoms with Crippen molar-refractivity contribution in [2.45, 2.75) is 6.42 Å². The fraction of sp³-hybridized carbons (Fsp3) is 0.375. The zero-order valence-electron chi connectivity index (χ0n) is 6.31. The Morgan fingerprint density at radius 2 is 2.25 bits per heavy atom. The SMILES string of the molecule is N#CC(C#N)C1C=C/C(=N\O)C1. The average Bonchev–Trinajstić information content (AvgIpc) is 2.55. The Morgan fingerprint density at radius 3 is 2.67 bits per heavy atom. The van der Waals surface area contributed by atoms with Crippen molar-refractivity contribution in [2.24, 2.45) is 17.0 Å². The van der Waals surface area contributed by atoms with Crippen molar-refractivity contribution < 1.29 is 5.21 Å². The number of oxime groups is 1. The van der Waals surface area contributed by atoms with Crippen LogP contribution in [0.15, 0.2) is 17.3 Å². The van der Waals surface area contributed by atoms with Crippen LogP contribution in [0.1, 0.15) is 6.42 Å². The maximum absolute atomic E-state index is 8.54. The van der Waals surface area contributed by atoms with E-state index in [9.17, 15) is 0 Å². The van der Waals surface area contributed by atoms with Crippen molar-refractivity contribution in [3.63, 3.8) is 0 Å². The molecule has 0 amide bonds. The van der Waals surface area contributed by atoms with Crippen molar-refractivity contribution in [1.82, 2.24) is 0 Å². The minimum atomic E-state index is -0.638. The molecule has 1 rings (SSSR count). The molecule has 12 heavy (non-hydrogen) atoms. The summed E-state index contributed by atoms with van der Waals surface area (Å²) in [7, 11) is 0. The van der Waals surface area contributed by atoms with E-state index in [1.807, 2.05) is 12.1 Å². The first-order valence-electron chi connectivity index (χ1n) is 3.50. The van der Waals surface area contributed by atoms with Gasteiger partial charge in [0, 0.05) is 12.3 Å². The summed E-state index contributed by atoms with van der Waals surface area (Å²) in [5.74, 6) is -0.758. The molecule has 0 spiro atoms. The lowest BCUT2D eigenvalue weighted by Gasteiger charge is -2.04. The minimum absolute atomic E-state index is 0.120. The predicted molar refractivity (Wildman–Crippen MR) is 41.2 cm³/mol. The van der Waals surface area contributed by atoms with Crippen LogP contribution in [0, 0.1) is 34.5 Å². The van der Waals surface area contributed by atoms with E-state index in [0.29, 0.717) is 12.1 Å². The van der Waals surface area contributed by atoms with Crippen LogP contribution in [0.25, 0.3) is 0 Å². The van der Waals surface area contributed by atoms with Gasteiger partial charge in [0.15, 0.2) is 0 Å². The van der Waals surface area contributed by atoms with Crippen molar-refractivity contribution in [3.8, 4) is 12.1 Å². The highest BCUT2D eigenvalue weighted by atomic mass is 16.4. The van der Waals surface area contributed by atoms with Crippen molar-refractivity contribution >= 4 is 5.71 Å². The summed E-state index contributed by atoms with van der Waals surface area (Å²) in [6, 6.07) is 3.78. The lowest BCUT2D eigenvalue weighted by Crippen LogP contribution is -2.07. The maximum atomic E-state index is 8.54. The van der Waals surface area contributed by atoms with Gasteiger partial charge >= 0.3 is 0 Å². The molecule has 0 aliphatic heterocycles. The number of rotatable bonds is 1. The third-order valence-electron chi connectivity index (χ3n) is 1.82. The number of allylic oxidation sites excluding steroid dienone is 2. The normalized spacial score (nSPS) is 24.2. The first-order chi connectivity index (χ1) is 5.81. The molecule has 0 heterocycles. The highest BCUT2D eigenvalue weighted by molar-refractivity contribution is 5.97. The molecule has 60 valence electrons. The number of nitrogens with zero attached hydrogens (tertiary/aromatic N) is 3. The largest absolute Gasteiger partial charge is 0.411 e. The Bertz CT molecular complexity index is 291. The maximum Gasteiger partial charge on any atom is 0.139 e. The van der Waals surface area contributed by atoms with E-state index in [0.717, 1.165) is 0 Å². The molecular formula is C8H7N3O. The van der Waals surface area contributed by atoms with Gasteiger partial charge in [0.1, 0.15) is 5.92 Å². The van der Waals surface area contributed by atoms with Crippen molar-refractivity contribution in [1.29, 1.82) is 10.5 Å². The van der Waals surface area contributed by atoms with Gasteiger partial charge in [-0.15, -0.1) is 0 Å². The number of hydrogen-bond donors (Lipinski definition) is 1. The lowest BCUT2D eigenvalue weighted by atomic mass is 9.94. The molecule has 0 fully saturated rings. The monoisotopic (exact) mass is 161 g/mol. The van der Waals surface area contributed by atoms with Gasteiger partial charge in [0.05, 0.1) is 17.9 Å². The van der Waals surface area contributed by atoms with Gasteiger partial charge in [0.25, 0.3) is 0 Å². The fourth-order valence-electron chi connectivity index (χ4n) is 1.14. The summed E-state index contributed by atoms with van der Waals surface area (Å²) in [4.78, 5) is 0. The summed E-state index contributed by atoms with van der Waals surface area (Å²) in [6.45, 7) is 0. The molecule has 1 aliphatic carbocycles. The molecule has 1 N–H and O–H groups in total. The quantitative estimate of drug-likeness (QED) is 0.461. The summed E-state index contributed by atoms with van der Waals surface area (Å²) in [5.41, 5.74) is 0.524. The van der Waals surface area contributed by atoms with Gasteiger partial charge in [0.2, 0.25) is 0 Å². The molecule has 0 aromatic carbocycles. The first kappa shape index (κ1) is 8.29. The van der Waals surface area contributed by atoms with Crippen LogP contribution < -0.4 is 0 Å². The Labute approximate surface area is 70.0 Å². The number of nitriles is 2. The first-order valence-corrected chi connectivity index (χ1v) is 3.50. The summed E-state index contributed by atoms with van der Waals surface area (Å²) in [5, 5.41) is 28.5. The van der Waals surface area contributed by atoms with Crippen LogP contribution >= 0.6 is 0 Å². The summed E-state index contributed by atoms with van der Waals surface area (Å²) < 4.78 is 0. The molecule has 1 atom stereocenters. The van der Waals surface area contributed by atoms with Crippen LogP contribution in [0.4, 0.5) is 0 Å². The van der Waals surface area contributed by atoms with Crippen LogP contribution in [0.3, 0.4) is 0 Å².